The van der Waals surface area contributed by atoms with Crippen LogP contribution in [0.5, 0.6) is 0 Å². The largest absolute Gasteiger partial charge is 0.478 e. The molecule has 1 aromatic carbocycles. The smallest absolute Gasteiger partial charge is 0.337 e. The van der Waals surface area contributed by atoms with Crippen LogP contribution >= 0.6 is 23.9 Å². The second-order valence-electron chi connectivity index (χ2n) is 2.23. The lowest BCUT2D eigenvalue weighted by Crippen LogP contribution is -1.95. The summed E-state index contributed by atoms with van der Waals surface area (Å²) < 4.78 is 4.30. The maximum absolute atomic E-state index is 10.7. The number of carboxylic acid groups (broad SMARTS) is 1. The van der Waals surface area contributed by atoms with Crippen molar-refractivity contribution in [2.75, 3.05) is 0 Å². The Bertz CT molecular complexity index is 443. The minimum absolute atomic E-state index is 0. The molecule has 0 fully saturated rings. The van der Waals surface area contributed by atoms with Gasteiger partial charge in [-0.05, 0) is 23.7 Å². The van der Waals surface area contributed by atoms with Crippen molar-refractivity contribution in [1.29, 1.82) is 0 Å². The fourth-order valence-electron chi connectivity index (χ4n) is 0.973. The van der Waals surface area contributed by atoms with Gasteiger partial charge < -0.3 is 5.11 Å². The highest BCUT2D eigenvalue weighted by molar-refractivity contribution is 7.13. The molecule has 0 radical (unpaired) electrons. The lowest BCUT2D eigenvalue weighted by molar-refractivity contribution is 0.0699. The average molecular weight is 217 g/mol. The van der Waals surface area contributed by atoms with Crippen LogP contribution in [0.1, 0.15) is 10.4 Å². The zero-order chi connectivity index (χ0) is 8.55. The molecule has 0 saturated heterocycles. The summed E-state index contributed by atoms with van der Waals surface area (Å²) in [6.07, 6.45) is 0. The topological polar surface area (TPSA) is 63.1 Å². The molecule has 0 spiro atoms. The predicted molar refractivity (Wildman–Crippen MR) is 51.6 cm³/mol. The first-order valence-corrected chi connectivity index (χ1v) is 4.01. The van der Waals surface area contributed by atoms with Crippen LogP contribution in [0, 0.1) is 0 Å². The van der Waals surface area contributed by atoms with Crippen LogP contribution in [0.4, 0.5) is 0 Å². The molecule has 1 heterocycles. The van der Waals surface area contributed by atoms with Crippen LogP contribution in [0.25, 0.3) is 10.2 Å². The van der Waals surface area contributed by atoms with E-state index in [0.29, 0.717) is 10.2 Å². The third-order valence-electron chi connectivity index (χ3n) is 1.51. The minimum atomic E-state index is -0.938. The van der Waals surface area contributed by atoms with E-state index < -0.39 is 5.97 Å². The highest BCUT2D eigenvalue weighted by Gasteiger charge is 2.09. The standard InChI is InChI=1S/C7H4N2O2S.ClH/c10-7(11)4-2-1-3-5-6(4)12-9-8-5;/h1-3H,(H,10,11);1H. The number of carboxylic acids is 1. The number of carbonyl (C=O) groups is 1. The molecular weight excluding hydrogens is 212 g/mol. The van der Waals surface area contributed by atoms with Crippen molar-refractivity contribution in [2.24, 2.45) is 0 Å². The van der Waals surface area contributed by atoms with E-state index in [1.54, 1.807) is 18.2 Å². The second kappa shape index (κ2) is 3.68. The summed E-state index contributed by atoms with van der Waals surface area (Å²) in [5.74, 6) is -0.938. The normalized spacial score (nSPS) is 9.54. The summed E-state index contributed by atoms with van der Waals surface area (Å²) in [5, 5.41) is 12.5. The van der Waals surface area contributed by atoms with Gasteiger partial charge in [-0.1, -0.05) is 10.6 Å². The highest BCUT2D eigenvalue weighted by Crippen LogP contribution is 2.19. The Labute approximate surface area is 83.8 Å². The van der Waals surface area contributed by atoms with Crippen LogP contribution < -0.4 is 0 Å². The van der Waals surface area contributed by atoms with Crippen LogP contribution in [-0.4, -0.2) is 20.7 Å². The Kier molecular flexibility index (Phi) is 2.79. The SMILES string of the molecule is Cl.O=C(O)c1cccc2nnsc12. The quantitative estimate of drug-likeness (QED) is 0.790. The number of hydrogen-bond acceptors (Lipinski definition) is 4. The second-order valence-corrected chi connectivity index (χ2v) is 2.99. The van der Waals surface area contributed by atoms with Crippen molar-refractivity contribution in [3.63, 3.8) is 0 Å². The third kappa shape index (κ3) is 1.61. The van der Waals surface area contributed by atoms with Gasteiger partial charge >= 0.3 is 5.97 Å². The molecule has 13 heavy (non-hydrogen) atoms. The molecule has 68 valence electrons. The number of rotatable bonds is 1. The van der Waals surface area contributed by atoms with Gasteiger partial charge in [-0.15, -0.1) is 17.5 Å². The molecule has 2 rings (SSSR count). The Morgan fingerprint density at radius 2 is 2.23 bits per heavy atom. The van der Waals surface area contributed by atoms with Gasteiger partial charge in [0.05, 0.1) is 10.3 Å². The average Bonchev–Trinajstić information content (AvgIpc) is 2.49. The number of aromatic carboxylic acids is 1. The molecule has 0 saturated carbocycles. The van der Waals surface area contributed by atoms with Gasteiger partial charge in [0.2, 0.25) is 0 Å². The van der Waals surface area contributed by atoms with E-state index in [1.165, 1.54) is 0 Å². The lowest BCUT2D eigenvalue weighted by Gasteiger charge is -1.92. The van der Waals surface area contributed by atoms with Crippen LogP contribution in [0.15, 0.2) is 18.2 Å². The number of hydrogen-bond donors (Lipinski definition) is 1. The van der Waals surface area contributed by atoms with Crippen molar-refractivity contribution in [3.05, 3.63) is 23.8 Å². The summed E-state index contributed by atoms with van der Waals surface area (Å²) in [6.45, 7) is 0. The van der Waals surface area contributed by atoms with Gasteiger partial charge in [-0.25, -0.2) is 4.79 Å². The van der Waals surface area contributed by atoms with E-state index in [-0.39, 0.29) is 18.0 Å². The molecule has 1 aromatic heterocycles. The molecule has 0 aliphatic rings. The fraction of sp³-hybridized carbons (Fsp3) is 0. The van der Waals surface area contributed by atoms with Gasteiger partial charge in [-0.3, -0.25) is 0 Å². The van der Waals surface area contributed by atoms with Gasteiger partial charge in [0, 0.05) is 0 Å². The van der Waals surface area contributed by atoms with E-state index in [0.717, 1.165) is 11.5 Å². The summed E-state index contributed by atoms with van der Waals surface area (Å²) in [4.78, 5) is 10.7. The molecule has 0 aliphatic carbocycles. The minimum Gasteiger partial charge on any atom is -0.478 e. The first kappa shape index (κ1) is 9.88. The zero-order valence-corrected chi connectivity index (χ0v) is 7.93. The monoisotopic (exact) mass is 216 g/mol. The Morgan fingerprint density at radius 3 is 2.92 bits per heavy atom. The van der Waals surface area contributed by atoms with E-state index in [4.69, 9.17) is 5.11 Å². The van der Waals surface area contributed by atoms with Crippen LogP contribution in [-0.2, 0) is 0 Å². The molecule has 4 nitrogen and oxygen atoms in total. The maximum Gasteiger partial charge on any atom is 0.337 e. The molecule has 0 unspecified atom stereocenters. The first-order chi connectivity index (χ1) is 5.79. The van der Waals surface area contributed by atoms with E-state index in [9.17, 15) is 4.79 Å². The van der Waals surface area contributed by atoms with Crippen molar-refractivity contribution in [1.82, 2.24) is 9.59 Å². The summed E-state index contributed by atoms with van der Waals surface area (Å²) in [6, 6.07) is 4.95. The molecule has 0 amide bonds. The maximum atomic E-state index is 10.7. The number of nitrogens with zero attached hydrogens (tertiary/aromatic N) is 2. The van der Waals surface area contributed by atoms with Gasteiger partial charge in [0.15, 0.2) is 0 Å². The summed E-state index contributed by atoms with van der Waals surface area (Å²) >= 11 is 1.10. The molecule has 0 bridgehead atoms. The lowest BCUT2D eigenvalue weighted by atomic mass is 10.2. The molecule has 1 N–H and O–H groups in total. The number of fused-ring (bicyclic) bond motifs is 1. The Hall–Kier alpha value is -1.20. The van der Waals surface area contributed by atoms with Crippen molar-refractivity contribution in [2.45, 2.75) is 0 Å². The molecule has 2 aromatic rings. The fourth-order valence-corrected chi connectivity index (χ4v) is 1.64. The number of benzene rings is 1. The number of aromatic nitrogens is 2. The van der Waals surface area contributed by atoms with E-state index in [1.807, 2.05) is 0 Å². The van der Waals surface area contributed by atoms with Crippen molar-refractivity contribution >= 4 is 40.1 Å². The summed E-state index contributed by atoms with van der Waals surface area (Å²) in [7, 11) is 0. The van der Waals surface area contributed by atoms with E-state index in [2.05, 4.69) is 9.59 Å². The Balaban J connectivity index is 0.000000845. The third-order valence-corrected chi connectivity index (χ3v) is 2.28. The molecular formula is C7H5ClN2O2S. The number of halogens is 1. The molecule has 0 atom stereocenters. The van der Waals surface area contributed by atoms with Crippen molar-refractivity contribution < 1.29 is 9.90 Å². The van der Waals surface area contributed by atoms with Gasteiger partial charge in [-0.2, -0.15) is 0 Å². The van der Waals surface area contributed by atoms with Gasteiger partial charge in [0.1, 0.15) is 5.52 Å². The van der Waals surface area contributed by atoms with E-state index >= 15 is 0 Å². The first-order valence-electron chi connectivity index (χ1n) is 3.23. The highest BCUT2D eigenvalue weighted by atomic mass is 35.5. The van der Waals surface area contributed by atoms with Crippen molar-refractivity contribution in [3.8, 4) is 0 Å². The van der Waals surface area contributed by atoms with Gasteiger partial charge in [0.25, 0.3) is 0 Å². The van der Waals surface area contributed by atoms with Crippen LogP contribution in [0.3, 0.4) is 0 Å². The zero-order valence-electron chi connectivity index (χ0n) is 6.30. The molecule has 0 aliphatic heterocycles. The Morgan fingerprint density at radius 1 is 1.46 bits per heavy atom. The molecule has 6 heteroatoms. The van der Waals surface area contributed by atoms with Crippen LogP contribution in [0.2, 0.25) is 0 Å². The predicted octanol–water partition coefficient (Wildman–Crippen LogP) is 1.81. The summed E-state index contributed by atoms with van der Waals surface area (Å²) in [5.41, 5.74) is 0.905.